The van der Waals surface area contributed by atoms with Gasteiger partial charge in [-0.15, -0.1) is 0 Å². The molecule has 5 aliphatic rings. The van der Waals surface area contributed by atoms with Gasteiger partial charge in [0.15, 0.2) is 11.4 Å². The van der Waals surface area contributed by atoms with Crippen LogP contribution in [-0.2, 0) is 19.1 Å². The molecule has 0 amide bonds. The Bertz CT molecular complexity index is 998. The number of ketones is 2. The van der Waals surface area contributed by atoms with E-state index >= 15 is 0 Å². The number of carbonyl (C=O) groups excluding carboxylic acids is 2. The Kier molecular flexibility index (Phi) is 4.77. The Labute approximate surface area is 187 Å². The Morgan fingerprint density at radius 3 is 2.81 bits per heavy atom. The zero-order valence-corrected chi connectivity index (χ0v) is 18.1. The van der Waals surface area contributed by atoms with Gasteiger partial charge in [0.05, 0.1) is 6.10 Å². The fourth-order valence-electron chi connectivity index (χ4n) is 7.36. The molecule has 1 heterocycles. The van der Waals surface area contributed by atoms with Crippen molar-refractivity contribution in [2.45, 2.75) is 43.8 Å². The lowest BCUT2D eigenvalue weighted by molar-refractivity contribution is -0.151. The molecule has 0 radical (unpaired) electrons. The fraction of sp³-hybridized carbons (Fsp3) is 0.538. The number of allylic oxidation sites excluding steroid dienone is 4. The molecule has 4 fully saturated rings. The van der Waals surface area contributed by atoms with Crippen LogP contribution in [0.2, 0.25) is 0 Å². The number of Topliss-reactive ketones (excluding diaryl/α,β-unsaturated/α-hetero) is 1. The van der Waals surface area contributed by atoms with Gasteiger partial charge in [-0.05, 0) is 86.3 Å². The second kappa shape index (κ2) is 7.56. The summed E-state index contributed by atoms with van der Waals surface area (Å²) in [6, 6.07) is 7.09. The number of fused-ring (bicyclic) bond motifs is 7. The predicted molar refractivity (Wildman–Crippen MR) is 118 cm³/mol. The van der Waals surface area contributed by atoms with Gasteiger partial charge >= 0.3 is 0 Å². The van der Waals surface area contributed by atoms with Gasteiger partial charge in [-0.2, -0.15) is 0 Å². The molecule has 4 aliphatic carbocycles. The largest absolute Gasteiger partial charge is 0.486 e. The zero-order chi connectivity index (χ0) is 21.9. The van der Waals surface area contributed by atoms with Crippen LogP contribution in [0.3, 0.4) is 0 Å². The number of rotatable bonds is 4. The predicted octanol–water partition coefficient (Wildman–Crippen LogP) is 3.47. The molecular formula is C26H29NO5. The molecule has 1 aromatic rings. The summed E-state index contributed by atoms with van der Waals surface area (Å²) in [5.74, 6) is 2.75. The third kappa shape index (κ3) is 3.00. The van der Waals surface area contributed by atoms with Crippen molar-refractivity contribution in [2.75, 3.05) is 19.1 Å². The molecule has 6 nitrogen and oxygen atoms in total. The zero-order valence-electron chi connectivity index (χ0n) is 18.1. The van der Waals surface area contributed by atoms with Crippen molar-refractivity contribution in [2.24, 2.45) is 29.6 Å². The van der Waals surface area contributed by atoms with Gasteiger partial charge in [-0.3, -0.25) is 9.59 Å². The van der Waals surface area contributed by atoms with E-state index in [4.69, 9.17) is 19.9 Å². The van der Waals surface area contributed by atoms with Crippen molar-refractivity contribution in [3.05, 3.63) is 48.1 Å². The van der Waals surface area contributed by atoms with Crippen molar-refractivity contribution >= 4 is 17.3 Å². The molecule has 1 saturated heterocycles. The van der Waals surface area contributed by atoms with E-state index in [1.165, 1.54) is 5.57 Å². The summed E-state index contributed by atoms with van der Waals surface area (Å²) in [4.78, 5) is 25.4. The maximum Gasteiger partial charge on any atom is 0.204 e. The minimum absolute atomic E-state index is 0.0117. The molecule has 6 heteroatoms. The Balaban J connectivity index is 1.22. The number of hydrogen-bond donors (Lipinski definition) is 1. The Morgan fingerprint density at radius 1 is 1.12 bits per heavy atom. The average Bonchev–Trinajstić information content (AvgIpc) is 3.35. The summed E-state index contributed by atoms with van der Waals surface area (Å²) < 4.78 is 18.0. The van der Waals surface area contributed by atoms with E-state index < -0.39 is 5.60 Å². The number of anilines is 1. The second-order valence-electron chi connectivity index (χ2n) is 9.95. The highest BCUT2D eigenvalue weighted by Gasteiger charge is 2.66. The Hall–Kier alpha value is -2.44. The molecule has 3 saturated carbocycles. The van der Waals surface area contributed by atoms with E-state index in [1.54, 1.807) is 30.3 Å². The molecule has 6 rings (SSSR count). The summed E-state index contributed by atoms with van der Waals surface area (Å²) >= 11 is 0. The minimum atomic E-state index is -0.891. The van der Waals surface area contributed by atoms with E-state index in [9.17, 15) is 9.59 Å². The first-order valence-electron chi connectivity index (χ1n) is 11.8. The van der Waals surface area contributed by atoms with Gasteiger partial charge in [0.25, 0.3) is 0 Å². The maximum atomic E-state index is 13.6. The third-order valence-corrected chi connectivity index (χ3v) is 8.65. The van der Waals surface area contributed by atoms with Crippen LogP contribution < -0.4 is 10.5 Å². The molecule has 7 atom stereocenters. The average molecular weight is 436 g/mol. The number of nitrogens with two attached hydrogens (primary N) is 1. The molecule has 2 N–H and O–H groups in total. The maximum absolute atomic E-state index is 13.6. The van der Waals surface area contributed by atoms with Crippen LogP contribution in [0.5, 0.6) is 5.75 Å². The number of hydrogen-bond acceptors (Lipinski definition) is 6. The molecule has 7 unspecified atom stereocenters. The highest BCUT2D eigenvalue weighted by molar-refractivity contribution is 6.00. The van der Waals surface area contributed by atoms with Gasteiger partial charge in [0.1, 0.15) is 19.1 Å². The van der Waals surface area contributed by atoms with E-state index in [0.717, 1.165) is 32.1 Å². The second-order valence-corrected chi connectivity index (χ2v) is 9.95. The van der Waals surface area contributed by atoms with Crippen molar-refractivity contribution < 1.29 is 23.8 Å². The summed E-state index contributed by atoms with van der Waals surface area (Å²) in [6.45, 7) is 0.150. The lowest BCUT2D eigenvalue weighted by Crippen LogP contribution is -2.54. The monoisotopic (exact) mass is 435 g/mol. The van der Waals surface area contributed by atoms with Crippen LogP contribution in [0.1, 0.15) is 32.1 Å². The van der Waals surface area contributed by atoms with Crippen LogP contribution in [0.4, 0.5) is 5.69 Å². The lowest BCUT2D eigenvalue weighted by atomic mass is 9.56. The molecule has 0 bridgehead atoms. The molecule has 0 spiro atoms. The molecule has 1 aromatic carbocycles. The van der Waals surface area contributed by atoms with Crippen molar-refractivity contribution in [3.8, 4) is 5.75 Å². The van der Waals surface area contributed by atoms with Crippen LogP contribution in [0.15, 0.2) is 48.1 Å². The van der Waals surface area contributed by atoms with Crippen LogP contribution >= 0.6 is 0 Å². The van der Waals surface area contributed by atoms with E-state index in [2.05, 4.69) is 6.08 Å². The molecular weight excluding hydrogens is 406 g/mol. The smallest absolute Gasteiger partial charge is 0.204 e. The quantitative estimate of drug-likeness (QED) is 0.729. The molecule has 168 valence electrons. The first-order valence-corrected chi connectivity index (χ1v) is 11.8. The molecule has 1 aliphatic heterocycles. The van der Waals surface area contributed by atoms with Gasteiger partial charge in [-0.25, -0.2) is 0 Å². The normalized spacial score (nSPS) is 39.5. The first kappa shape index (κ1) is 20.2. The van der Waals surface area contributed by atoms with E-state index in [-0.39, 0.29) is 37.0 Å². The number of benzene rings is 1. The summed E-state index contributed by atoms with van der Waals surface area (Å²) in [5.41, 5.74) is 6.81. The van der Waals surface area contributed by atoms with Gasteiger partial charge in [-0.1, -0.05) is 11.6 Å². The topological polar surface area (TPSA) is 87.8 Å². The number of carbonyl (C=O) groups is 2. The fourth-order valence-corrected chi connectivity index (χ4v) is 7.36. The number of ether oxygens (including phenoxy) is 3. The number of nitrogen functional groups attached to an aromatic ring is 1. The SMILES string of the molecule is Nc1ccc(OCC(=O)C23OCOC2CC2C4CCC5=CC(=O)C=CC5C4CCC23)cc1. The van der Waals surface area contributed by atoms with Gasteiger partial charge in [0, 0.05) is 17.5 Å². The Morgan fingerprint density at radius 2 is 1.97 bits per heavy atom. The van der Waals surface area contributed by atoms with Crippen LogP contribution in [0.25, 0.3) is 0 Å². The van der Waals surface area contributed by atoms with Gasteiger partial charge < -0.3 is 19.9 Å². The van der Waals surface area contributed by atoms with E-state index in [1.807, 2.05) is 6.08 Å². The summed E-state index contributed by atoms with van der Waals surface area (Å²) in [5, 5.41) is 0. The third-order valence-electron chi connectivity index (χ3n) is 8.65. The van der Waals surface area contributed by atoms with Crippen molar-refractivity contribution in [1.29, 1.82) is 0 Å². The molecule has 0 aromatic heterocycles. The van der Waals surface area contributed by atoms with Crippen molar-refractivity contribution in [3.63, 3.8) is 0 Å². The highest BCUT2D eigenvalue weighted by atomic mass is 16.7. The van der Waals surface area contributed by atoms with Gasteiger partial charge in [0.2, 0.25) is 5.78 Å². The minimum Gasteiger partial charge on any atom is -0.486 e. The van der Waals surface area contributed by atoms with Crippen LogP contribution in [0, 0.1) is 29.6 Å². The lowest BCUT2D eigenvalue weighted by Gasteiger charge is -2.49. The summed E-state index contributed by atoms with van der Waals surface area (Å²) in [6.07, 6.45) is 10.4. The first-order chi connectivity index (χ1) is 15.6. The highest BCUT2D eigenvalue weighted by Crippen LogP contribution is 2.61. The van der Waals surface area contributed by atoms with E-state index in [0.29, 0.717) is 35.1 Å². The van der Waals surface area contributed by atoms with Crippen LogP contribution in [-0.4, -0.2) is 36.7 Å². The van der Waals surface area contributed by atoms with Crippen molar-refractivity contribution in [1.82, 2.24) is 0 Å². The standard InChI is InChI=1S/C26H29NO5/c27-16-2-5-18(6-3-16)30-13-24(29)26-23-10-9-20-19-8-4-17(28)11-15(19)1-7-21(20)22(23)12-25(26)31-14-32-26/h2-6,8,11,19-23,25H,1,7,9-10,12-14,27H2. The molecule has 32 heavy (non-hydrogen) atoms. The summed E-state index contributed by atoms with van der Waals surface area (Å²) in [7, 11) is 0.